The number of carboxylic acids is 2. The summed E-state index contributed by atoms with van der Waals surface area (Å²) >= 11 is 12.5. The molecule has 2 atom stereocenters. The van der Waals surface area contributed by atoms with Gasteiger partial charge in [0.1, 0.15) is 11.8 Å². The summed E-state index contributed by atoms with van der Waals surface area (Å²) in [5.41, 5.74) is 5.94. The highest BCUT2D eigenvalue weighted by Gasteiger charge is 2.36. The summed E-state index contributed by atoms with van der Waals surface area (Å²) in [5.74, 6) is -3.24. The fraction of sp³-hybridized carbons (Fsp3) is 0.192. The maximum absolute atomic E-state index is 13.2. The second-order valence-corrected chi connectivity index (χ2v) is 18.4. The Morgan fingerprint density at radius 3 is 1.29 bits per heavy atom. The van der Waals surface area contributed by atoms with Crippen molar-refractivity contribution in [3.05, 3.63) is 189 Å². The SMILES string of the molecule is O=C(O)c1ccc(NC(=O)C(CC2CC2)c2ccc(-c3cc(Cl)ccc3-n3ccnn3)c[n+]2[O-])cc1.O=C(O)c1ccc(NC(=O)C(CC2CC2)c2ccc(-c3cc(Cl)ccc3-n3ccnn3)c[n+]2[O-])cc1. The van der Waals surface area contributed by atoms with Gasteiger partial charge in [0.25, 0.3) is 0 Å². The number of pyridine rings is 2. The van der Waals surface area contributed by atoms with Crippen molar-refractivity contribution in [2.75, 3.05) is 10.6 Å². The van der Waals surface area contributed by atoms with Crippen LogP contribution in [0, 0.1) is 22.3 Å². The second kappa shape index (κ2) is 21.3. The third-order valence-corrected chi connectivity index (χ3v) is 12.9. The largest absolute Gasteiger partial charge is 0.618 e. The van der Waals surface area contributed by atoms with E-state index in [1.807, 2.05) is 0 Å². The van der Waals surface area contributed by atoms with Gasteiger partial charge in [-0.15, -0.1) is 10.2 Å². The molecule has 2 aliphatic rings. The molecular formula is C52H44Cl2N10O8. The van der Waals surface area contributed by atoms with E-state index in [0.717, 1.165) is 35.1 Å². The van der Waals surface area contributed by atoms with E-state index in [1.165, 1.54) is 60.9 Å². The number of halogens is 2. The third-order valence-electron chi connectivity index (χ3n) is 12.4. The van der Waals surface area contributed by atoms with Crippen molar-refractivity contribution in [2.24, 2.45) is 11.8 Å². The van der Waals surface area contributed by atoms with Gasteiger partial charge in [0, 0.05) is 55.8 Å². The highest BCUT2D eigenvalue weighted by Crippen LogP contribution is 2.40. The van der Waals surface area contributed by atoms with E-state index in [9.17, 15) is 29.6 Å². The average molecular weight is 1010 g/mol. The van der Waals surface area contributed by atoms with Crippen LogP contribution in [0.5, 0.6) is 0 Å². The molecule has 364 valence electrons. The Bertz CT molecular complexity index is 3060. The first-order chi connectivity index (χ1) is 34.8. The number of benzene rings is 4. The Balaban J connectivity index is 0.000000178. The van der Waals surface area contributed by atoms with Crippen molar-refractivity contribution in [1.82, 2.24) is 30.0 Å². The van der Waals surface area contributed by atoms with Gasteiger partial charge in [0.2, 0.25) is 23.2 Å². The highest BCUT2D eigenvalue weighted by molar-refractivity contribution is 6.31. The van der Waals surface area contributed by atoms with Crippen LogP contribution in [0.3, 0.4) is 0 Å². The summed E-state index contributed by atoms with van der Waals surface area (Å²) in [5, 5.41) is 67.1. The van der Waals surface area contributed by atoms with E-state index in [0.29, 0.717) is 91.1 Å². The average Bonchev–Trinajstić information content (AvgIpc) is 4.25. The van der Waals surface area contributed by atoms with E-state index in [4.69, 9.17) is 33.4 Å². The van der Waals surface area contributed by atoms with Gasteiger partial charge in [0.05, 0.1) is 47.3 Å². The topological polar surface area (TPSA) is 248 Å². The van der Waals surface area contributed by atoms with Crippen LogP contribution in [0.25, 0.3) is 33.6 Å². The molecule has 4 N–H and O–H groups in total. The van der Waals surface area contributed by atoms with Crippen molar-refractivity contribution in [1.29, 1.82) is 0 Å². The molecule has 0 aliphatic heterocycles. The molecule has 8 aromatic rings. The monoisotopic (exact) mass is 1010 g/mol. The molecule has 2 amide bonds. The zero-order valence-corrected chi connectivity index (χ0v) is 39.6. The molecule has 2 saturated carbocycles. The Kier molecular flexibility index (Phi) is 14.3. The van der Waals surface area contributed by atoms with Gasteiger partial charge in [-0.05, 0) is 122 Å². The Hall–Kier alpha value is -8.48. The number of aromatic carboxylic acids is 2. The number of rotatable bonds is 16. The van der Waals surface area contributed by atoms with E-state index in [1.54, 1.807) is 94.8 Å². The van der Waals surface area contributed by atoms with Crippen molar-refractivity contribution in [3.63, 3.8) is 0 Å². The summed E-state index contributed by atoms with van der Waals surface area (Å²) in [4.78, 5) is 48.7. The molecular weight excluding hydrogens is 964 g/mol. The number of hydrogen-bond donors (Lipinski definition) is 4. The molecule has 0 saturated heterocycles. The minimum Gasteiger partial charge on any atom is -0.618 e. The van der Waals surface area contributed by atoms with Gasteiger partial charge >= 0.3 is 11.9 Å². The molecule has 0 radical (unpaired) electrons. The molecule has 18 nitrogen and oxygen atoms in total. The number of hydrogen-bond acceptors (Lipinski definition) is 10. The van der Waals surface area contributed by atoms with Gasteiger partial charge < -0.3 is 31.3 Å². The van der Waals surface area contributed by atoms with E-state index >= 15 is 0 Å². The van der Waals surface area contributed by atoms with Crippen LogP contribution in [-0.2, 0) is 9.59 Å². The van der Waals surface area contributed by atoms with Crippen LogP contribution in [0.2, 0.25) is 10.0 Å². The molecule has 0 spiro atoms. The lowest BCUT2D eigenvalue weighted by molar-refractivity contribution is -0.614. The van der Waals surface area contributed by atoms with Gasteiger partial charge in [0.15, 0.2) is 12.4 Å². The summed E-state index contributed by atoms with van der Waals surface area (Å²) < 4.78 is 4.66. The van der Waals surface area contributed by atoms with Crippen LogP contribution < -0.4 is 20.1 Å². The molecule has 4 aromatic heterocycles. The zero-order chi connectivity index (χ0) is 50.5. The minimum absolute atomic E-state index is 0.127. The molecule has 0 bridgehead atoms. The first-order valence-electron chi connectivity index (χ1n) is 22.9. The van der Waals surface area contributed by atoms with Gasteiger partial charge in [-0.2, -0.15) is 9.46 Å². The van der Waals surface area contributed by atoms with E-state index in [-0.39, 0.29) is 22.9 Å². The van der Waals surface area contributed by atoms with Gasteiger partial charge in [-0.1, -0.05) is 59.3 Å². The lowest BCUT2D eigenvalue weighted by atomic mass is 9.95. The standard InChI is InChI=1S/2C26H22ClN5O4/c2*27-19-6-10-23(31-12-11-28-30-31)21(14-19)18-5-9-24(32(36)15-18)22(13-16-1-2-16)25(33)29-20-7-3-17(4-8-20)26(34)35/h2*3-12,14-16,22H,1-2,13H2,(H,29,33)(H,34,35). The summed E-state index contributed by atoms with van der Waals surface area (Å²) in [6.07, 6.45) is 14.6. The first-order valence-corrected chi connectivity index (χ1v) is 23.6. The first kappa shape index (κ1) is 48.5. The number of aromatic nitrogens is 8. The Morgan fingerprint density at radius 2 is 0.972 bits per heavy atom. The normalized spacial score (nSPS) is 13.8. The van der Waals surface area contributed by atoms with Gasteiger partial charge in [-0.25, -0.2) is 19.0 Å². The van der Waals surface area contributed by atoms with Crippen molar-refractivity contribution < 1.29 is 38.9 Å². The summed E-state index contributed by atoms with van der Waals surface area (Å²) in [6.45, 7) is 0. The lowest BCUT2D eigenvalue weighted by Crippen LogP contribution is -2.37. The Morgan fingerprint density at radius 1 is 0.583 bits per heavy atom. The maximum Gasteiger partial charge on any atom is 0.335 e. The third kappa shape index (κ3) is 11.6. The molecule has 10 rings (SSSR count). The predicted molar refractivity (Wildman–Crippen MR) is 266 cm³/mol. The molecule has 4 heterocycles. The quantitative estimate of drug-likeness (QED) is 0.0523. The van der Waals surface area contributed by atoms with Crippen LogP contribution >= 0.6 is 23.2 Å². The maximum atomic E-state index is 13.2. The molecule has 2 aliphatic carbocycles. The van der Waals surface area contributed by atoms with Crippen molar-refractivity contribution >= 4 is 58.3 Å². The van der Waals surface area contributed by atoms with Crippen LogP contribution in [0.15, 0.2) is 146 Å². The molecule has 4 aromatic carbocycles. The number of nitrogens with zero attached hydrogens (tertiary/aromatic N) is 8. The number of nitrogens with one attached hydrogen (secondary N) is 2. The number of carboxylic acid groups (broad SMARTS) is 2. The molecule has 20 heteroatoms. The van der Waals surface area contributed by atoms with Crippen LogP contribution in [0.4, 0.5) is 11.4 Å². The number of amides is 2. The minimum atomic E-state index is -1.04. The molecule has 2 fully saturated rings. The number of carbonyl (C=O) groups is 4. The molecule has 72 heavy (non-hydrogen) atoms. The van der Waals surface area contributed by atoms with Crippen LogP contribution in [0.1, 0.15) is 82.5 Å². The van der Waals surface area contributed by atoms with Gasteiger partial charge in [-0.3, -0.25) is 9.59 Å². The summed E-state index contributed by atoms with van der Waals surface area (Å²) in [7, 11) is 0. The van der Waals surface area contributed by atoms with Crippen molar-refractivity contribution in [3.8, 4) is 33.6 Å². The second-order valence-electron chi connectivity index (χ2n) is 17.6. The lowest BCUT2D eigenvalue weighted by Gasteiger charge is -2.17. The number of carbonyl (C=O) groups excluding carboxylic acids is 2. The molecule has 2 unspecified atom stereocenters. The highest BCUT2D eigenvalue weighted by atomic mass is 35.5. The smallest absolute Gasteiger partial charge is 0.335 e. The van der Waals surface area contributed by atoms with E-state index in [2.05, 4.69) is 31.3 Å². The van der Waals surface area contributed by atoms with Crippen molar-refractivity contribution in [2.45, 2.75) is 50.4 Å². The summed E-state index contributed by atoms with van der Waals surface area (Å²) in [6, 6.07) is 29.4. The predicted octanol–water partition coefficient (Wildman–Crippen LogP) is 8.88. The fourth-order valence-electron chi connectivity index (χ4n) is 8.34. The zero-order valence-electron chi connectivity index (χ0n) is 38.1. The fourth-order valence-corrected chi connectivity index (χ4v) is 8.69. The Labute approximate surface area is 421 Å². The number of anilines is 2. The van der Waals surface area contributed by atoms with Crippen LogP contribution in [-0.4, -0.2) is 64.0 Å². The van der Waals surface area contributed by atoms with E-state index < -0.39 is 23.8 Å².